The quantitative estimate of drug-likeness (QED) is 0.709. The molecule has 1 atom stereocenters. The van der Waals surface area contributed by atoms with Crippen LogP contribution in [0.4, 0.5) is 0 Å². The van der Waals surface area contributed by atoms with E-state index in [1.54, 1.807) is 0 Å². The van der Waals surface area contributed by atoms with Crippen molar-refractivity contribution in [2.75, 3.05) is 0 Å². The van der Waals surface area contributed by atoms with Crippen molar-refractivity contribution >= 4 is 5.97 Å². The fourth-order valence-corrected chi connectivity index (χ4v) is 2.14. The van der Waals surface area contributed by atoms with Crippen LogP contribution in [-0.4, -0.2) is 11.1 Å². The van der Waals surface area contributed by atoms with Crippen molar-refractivity contribution in [2.24, 2.45) is 10.8 Å². The SMILES string of the molecule is CCCC(C)(C)C(C)(CCC)C(=O)O. The molecule has 0 amide bonds. The summed E-state index contributed by atoms with van der Waals surface area (Å²) in [5, 5.41) is 9.33. The van der Waals surface area contributed by atoms with E-state index in [2.05, 4.69) is 20.8 Å². The van der Waals surface area contributed by atoms with E-state index in [1.807, 2.05) is 13.8 Å². The summed E-state index contributed by atoms with van der Waals surface area (Å²) in [4.78, 5) is 11.3. The van der Waals surface area contributed by atoms with Crippen molar-refractivity contribution < 1.29 is 9.90 Å². The Labute approximate surface area is 87.7 Å². The third-order valence-electron chi connectivity index (χ3n) is 3.59. The molecular weight excluding hydrogens is 176 g/mol. The number of hydrogen-bond acceptors (Lipinski definition) is 1. The summed E-state index contributed by atoms with van der Waals surface area (Å²) in [6.07, 6.45) is 3.70. The van der Waals surface area contributed by atoms with Crippen LogP contribution < -0.4 is 0 Å². The second-order valence-corrected chi connectivity index (χ2v) is 5.02. The van der Waals surface area contributed by atoms with E-state index in [0.717, 1.165) is 25.7 Å². The molecule has 0 spiro atoms. The minimum absolute atomic E-state index is 0.121. The summed E-state index contributed by atoms with van der Waals surface area (Å²) in [5.74, 6) is -0.655. The maximum atomic E-state index is 11.3. The van der Waals surface area contributed by atoms with E-state index in [9.17, 15) is 9.90 Å². The average molecular weight is 200 g/mol. The molecule has 14 heavy (non-hydrogen) atoms. The van der Waals surface area contributed by atoms with Crippen LogP contribution in [0.1, 0.15) is 60.3 Å². The van der Waals surface area contributed by atoms with Gasteiger partial charge in [0.2, 0.25) is 0 Å². The van der Waals surface area contributed by atoms with E-state index in [0.29, 0.717) is 0 Å². The molecule has 84 valence electrons. The Balaban J connectivity index is 4.88. The molecule has 0 bridgehead atoms. The highest BCUT2D eigenvalue weighted by Crippen LogP contribution is 2.45. The average Bonchev–Trinajstić information content (AvgIpc) is 2.03. The maximum Gasteiger partial charge on any atom is 0.309 e. The summed E-state index contributed by atoms with van der Waals surface area (Å²) in [6.45, 7) is 10.2. The van der Waals surface area contributed by atoms with Gasteiger partial charge in [0.25, 0.3) is 0 Å². The maximum absolute atomic E-state index is 11.3. The van der Waals surface area contributed by atoms with Crippen LogP contribution in [0.15, 0.2) is 0 Å². The molecule has 0 radical (unpaired) electrons. The van der Waals surface area contributed by atoms with Crippen LogP contribution in [0.2, 0.25) is 0 Å². The zero-order valence-electron chi connectivity index (χ0n) is 10.2. The molecule has 0 aromatic heterocycles. The first-order valence-corrected chi connectivity index (χ1v) is 5.55. The largest absolute Gasteiger partial charge is 0.481 e. The predicted molar refractivity (Wildman–Crippen MR) is 59.3 cm³/mol. The first kappa shape index (κ1) is 13.5. The standard InChI is InChI=1S/C12H24O2/c1-6-8-11(3,4)12(5,9-7-2)10(13)14/h6-9H2,1-5H3,(H,13,14). The van der Waals surface area contributed by atoms with Crippen molar-refractivity contribution in [2.45, 2.75) is 60.3 Å². The molecule has 2 heteroatoms. The van der Waals surface area contributed by atoms with Crippen LogP contribution in [-0.2, 0) is 4.79 Å². The van der Waals surface area contributed by atoms with Gasteiger partial charge in [-0.25, -0.2) is 0 Å². The van der Waals surface area contributed by atoms with Gasteiger partial charge < -0.3 is 5.11 Å². The highest BCUT2D eigenvalue weighted by molar-refractivity contribution is 5.75. The lowest BCUT2D eigenvalue weighted by molar-refractivity contribution is -0.156. The summed E-state index contributed by atoms with van der Waals surface area (Å²) >= 11 is 0. The Morgan fingerprint density at radius 2 is 1.50 bits per heavy atom. The van der Waals surface area contributed by atoms with Crippen molar-refractivity contribution in [3.63, 3.8) is 0 Å². The third-order valence-corrected chi connectivity index (χ3v) is 3.59. The smallest absolute Gasteiger partial charge is 0.309 e. The minimum atomic E-state index is -0.655. The number of carboxylic acids is 1. The molecule has 0 aromatic rings. The Hall–Kier alpha value is -0.530. The van der Waals surface area contributed by atoms with Crippen molar-refractivity contribution in [1.29, 1.82) is 0 Å². The molecule has 0 fully saturated rings. The Bertz CT molecular complexity index is 196. The van der Waals surface area contributed by atoms with Crippen molar-refractivity contribution in [3.05, 3.63) is 0 Å². The molecule has 0 heterocycles. The van der Waals surface area contributed by atoms with Gasteiger partial charge in [-0.1, -0.05) is 40.5 Å². The first-order valence-electron chi connectivity index (χ1n) is 5.55. The number of carbonyl (C=O) groups is 1. The van der Waals surface area contributed by atoms with Crippen LogP contribution in [0.25, 0.3) is 0 Å². The van der Waals surface area contributed by atoms with Gasteiger partial charge >= 0.3 is 5.97 Å². The van der Waals surface area contributed by atoms with E-state index < -0.39 is 11.4 Å². The van der Waals surface area contributed by atoms with Gasteiger partial charge in [0.05, 0.1) is 5.41 Å². The summed E-state index contributed by atoms with van der Waals surface area (Å²) < 4.78 is 0. The van der Waals surface area contributed by atoms with Gasteiger partial charge in [-0.2, -0.15) is 0 Å². The van der Waals surface area contributed by atoms with E-state index in [-0.39, 0.29) is 5.41 Å². The fraction of sp³-hybridized carbons (Fsp3) is 0.917. The summed E-state index contributed by atoms with van der Waals surface area (Å²) in [5.41, 5.74) is -0.707. The van der Waals surface area contributed by atoms with E-state index in [4.69, 9.17) is 0 Å². The molecule has 0 aliphatic rings. The second-order valence-electron chi connectivity index (χ2n) is 5.02. The molecule has 0 rings (SSSR count). The molecular formula is C12H24O2. The number of aliphatic carboxylic acids is 1. The molecule has 0 aliphatic carbocycles. The van der Waals surface area contributed by atoms with Crippen LogP contribution in [0.3, 0.4) is 0 Å². The van der Waals surface area contributed by atoms with Gasteiger partial charge in [0, 0.05) is 0 Å². The van der Waals surface area contributed by atoms with E-state index >= 15 is 0 Å². The second kappa shape index (κ2) is 4.81. The van der Waals surface area contributed by atoms with Crippen molar-refractivity contribution in [3.8, 4) is 0 Å². The lowest BCUT2D eigenvalue weighted by atomic mass is 9.62. The molecule has 0 aliphatic heterocycles. The number of hydrogen-bond donors (Lipinski definition) is 1. The van der Waals surface area contributed by atoms with E-state index in [1.165, 1.54) is 0 Å². The summed E-state index contributed by atoms with van der Waals surface area (Å²) in [6, 6.07) is 0. The predicted octanol–water partition coefficient (Wildman–Crippen LogP) is 3.70. The fourth-order valence-electron chi connectivity index (χ4n) is 2.14. The molecule has 1 unspecified atom stereocenters. The van der Waals surface area contributed by atoms with Crippen LogP contribution in [0.5, 0.6) is 0 Å². The molecule has 0 saturated heterocycles. The molecule has 0 aromatic carbocycles. The molecule has 2 nitrogen and oxygen atoms in total. The highest BCUT2D eigenvalue weighted by atomic mass is 16.4. The van der Waals surface area contributed by atoms with Gasteiger partial charge in [-0.15, -0.1) is 0 Å². The minimum Gasteiger partial charge on any atom is -0.481 e. The zero-order chi connectivity index (χ0) is 11.4. The Morgan fingerprint density at radius 1 is 1.07 bits per heavy atom. The zero-order valence-corrected chi connectivity index (χ0v) is 10.2. The summed E-state index contributed by atoms with van der Waals surface area (Å²) in [7, 11) is 0. The van der Waals surface area contributed by atoms with Crippen LogP contribution >= 0.6 is 0 Å². The molecule has 1 N–H and O–H groups in total. The van der Waals surface area contributed by atoms with Crippen LogP contribution in [0, 0.1) is 10.8 Å². The van der Waals surface area contributed by atoms with Crippen molar-refractivity contribution in [1.82, 2.24) is 0 Å². The van der Waals surface area contributed by atoms with Gasteiger partial charge in [0.15, 0.2) is 0 Å². The van der Waals surface area contributed by atoms with Gasteiger partial charge in [0.1, 0.15) is 0 Å². The lowest BCUT2D eigenvalue weighted by Crippen LogP contribution is -2.42. The third kappa shape index (κ3) is 2.49. The van der Waals surface area contributed by atoms with Gasteiger partial charge in [-0.3, -0.25) is 4.79 Å². The number of carboxylic acid groups (broad SMARTS) is 1. The van der Waals surface area contributed by atoms with Gasteiger partial charge in [-0.05, 0) is 25.2 Å². The lowest BCUT2D eigenvalue weighted by Gasteiger charge is -2.41. The monoisotopic (exact) mass is 200 g/mol. The molecule has 0 saturated carbocycles. The Kier molecular flexibility index (Phi) is 4.63. The topological polar surface area (TPSA) is 37.3 Å². The highest BCUT2D eigenvalue weighted by Gasteiger charge is 2.45. The first-order chi connectivity index (χ1) is 6.31. The number of rotatable bonds is 6. The Morgan fingerprint density at radius 3 is 1.79 bits per heavy atom. The normalized spacial score (nSPS) is 16.4.